The first-order chi connectivity index (χ1) is 7.06. The molecule has 1 rings (SSSR count). The molecule has 0 nitrogen and oxygen atoms in total. The second-order valence-corrected chi connectivity index (χ2v) is 4.24. The first-order valence-corrected chi connectivity index (χ1v) is 5.56. The minimum atomic E-state index is -0.250. The van der Waals surface area contributed by atoms with Crippen molar-refractivity contribution in [3.05, 3.63) is 40.7 Å². The summed E-state index contributed by atoms with van der Waals surface area (Å²) < 4.78 is 13.5. The first-order valence-electron chi connectivity index (χ1n) is 5.19. The maximum atomic E-state index is 13.5. The van der Waals surface area contributed by atoms with E-state index in [0.717, 1.165) is 12.0 Å². The van der Waals surface area contributed by atoms with E-state index in [-0.39, 0.29) is 5.82 Å². The quantitative estimate of drug-likeness (QED) is 0.686. The van der Waals surface area contributed by atoms with Crippen LogP contribution in [0.25, 0.3) is 5.57 Å². The standard InChI is InChI=1S/C13H16ClF/c1-4-9(2)8-10(3)13-11(14)6-5-7-12(13)15/h5-9H,4H2,1-3H3/b10-8+. The van der Waals surface area contributed by atoms with Gasteiger partial charge in [0.15, 0.2) is 0 Å². The van der Waals surface area contributed by atoms with E-state index in [2.05, 4.69) is 19.9 Å². The summed E-state index contributed by atoms with van der Waals surface area (Å²) in [6.45, 7) is 6.12. The molecule has 0 bridgehead atoms. The van der Waals surface area contributed by atoms with Crippen molar-refractivity contribution in [2.24, 2.45) is 5.92 Å². The molecule has 0 N–H and O–H groups in total. The summed E-state index contributed by atoms with van der Waals surface area (Å²) in [4.78, 5) is 0. The first kappa shape index (κ1) is 12.3. The van der Waals surface area contributed by atoms with Gasteiger partial charge < -0.3 is 0 Å². The highest BCUT2D eigenvalue weighted by Crippen LogP contribution is 2.27. The number of halogens is 2. The summed E-state index contributed by atoms with van der Waals surface area (Å²) in [6, 6.07) is 4.78. The van der Waals surface area contributed by atoms with Gasteiger partial charge in [-0.15, -0.1) is 0 Å². The van der Waals surface area contributed by atoms with Crippen LogP contribution in [0.4, 0.5) is 4.39 Å². The molecular weight excluding hydrogens is 211 g/mol. The average molecular weight is 227 g/mol. The van der Waals surface area contributed by atoms with Crippen molar-refractivity contribution in [1.29, 1.82) is 0 Å². The van der Waals surface area contributed by atoms with Crippen LogP contribution in [-0.2, 0) is 0 Å². The molecule has 1 unspecified atom stereocenters. The second-order valence-electron chi connectivity index (χ2n) is 3.83. The highest BCUT2D eigenvalue weighted by Gasteiger charge is 2.09. The monoisotopic (exact) mass is 226 g/mol. The fourth-order valence-corrected chi connectivity index (χ4v) is 1.81. The molecule has 82 valence electrons. The molecule has 0 aliphatic heterocycles. The van der Waals surface area contributed by atoms with Crippen molar-refractivity contribution in [3.63, 3.8) is 0 Å². The molecule has 0 amide bonds. The lowest BCUT2D eigenvalue weighted by Gasteiger charge is -2.08. The number of allylic oxidation sites excluding steroid dienone is 2. The van der Waals surface area contributed by atoms with Gasteiger partial charge in [-0.05, 0) is 30.5 Å². The second kappa shape index (κ2) is 5.32. The highest BCUT2D eigenvalue weighted by molar-refractivity contribution is 6.32. The van der Waals surface area contributed by atoms with Crippen LogP contribution in [0, 0.1) is 11.7 Å². The molecule has 0 aliphatic rings. The Morgan fingerprint density at radius 2 is 2.20 bits per heavy atom. The Labute approximate surface area is 95.8 Å². The number of hydrogen-bond donors (Lipinski definition) is 0. The molecule has 1 aromatic carbocycles. The molecule has 0 heterocycles. The SMILES string of the molecule is CCC(C)/C=C(\C)c1c(F)cccc1Cl. The summed E-state index contributed by atoms with van der Waals surface area (Å²) >= 11 is 5.97. The topological polar surface area (TPSA) is 0 Å². The van der Waals surface area contributed by atoms with Gasteiger partial charge in [-0.3, -0.25) is 0 Å². The van der Waals surface area contributed by atoms with E-state index in [1.54, 1.807) is 12.1 Å². The van der Waals surface area contributed by atoms with Crippen LogP contribution < -0.4 is 0 Å². The number of benzene rings is 1. The lowest BCUT2D eigenvalue weighted by atomic mass is 10.0. The summed E-state index contributed by atoms with van der Waals surface area (Å²) in [5, 5.41) is 0.479. The van der Waals surface area contributed by atoms with Crippen LogP contribution in [0.5, 0.6) is 0 Å². The van der Waals surface area contributed by atoms with Crippen LogP contribution in [0.3, 0.4) is 0 Å². The fraction of sp³-hybridized carbons (Fsp3) is 0.385. The predicted octanol–water partition coefficient (Wildman–Crippen LogP) is 4.93. The normalized spacial score (nSPS) is 14.1. The Morgan fingerprint density at radius 1 is 1.53 bits per heavy atom. The summed E-state index contributed by atoms with van der Waals surface area (Å²) in [5.41, 5.74) is 1.44. The highest BCUT2D eigenvalue weighted by atomic mass is 35.5. The summed E-state index contributed by atoms with van der Waals surface area (Å²) in [7, 11) is 0. The predicted molar refractivity (Wildman–Crippen MR) is 64.5 cm³/mol. The van der Waals surface area contributed by atoms with Crippen molar-refractivity contribution in [2.45, 2.75) is 27.2 Å². The van der Waals surface area contributed by atoms with Gasteiger partial charge in [-0.25, -0.2) is 4.39 Å². The van der Waals surface area contributed by atoms with E-state index in [0.29, 0.717) is 16.5 Å². The Morgan fingerprint density at radius 3 is 2.73 bits per heavy atom. The van der Waals surface area contributed by atoms with Crippen molar-refractivity contribution >= 4 is 17.2 Å². The minimum Gasteiger partial charge on any atom is -0.206 e. The molecule has 0 saturated carbocycles. The van der Waals surface area contributed by atoms with Gasteiger partial charge in [0, 0.05) is 5.56 Å². The van der Waals surface area contributed by atoms with Crippen molar-refractivity contribution < 1.29 is 4.39 Å². The maximum Gasteiger partial charge on any atom is 0.132 e. The maximum absolute atomic E-state index is 13.5. The summed E-state index contributed by atoms with van der Waals surface area (Å²) in [6.07, 6.45) is 3.10. The van der Waals surface area contributed by atoms with E-state index in [1.807, 2.05) is 6.92 Å². The van der Waals surface area contributed by atoms with E-state index >= 15 is 0 Å². The smallest absolute Gasteiger partial charge is 0.132 e. The van der Waals surface area contributed by atoms with Gasteiger partial charge in [-0.1, -0.05) is 44.0 Å². The molecule has 1 atom stereocenters. The van der Waals surface area contributed by atoms with Gasteiger partial charge in [0.05, 0.1) is 5.02 Å². The van der Waals surface area contributed by atoms with Crippen LogP contribution >= 0.6 is 11.6 Å². The third kappa shape index (κ3) is 3.07. The van der Waals surface area contributed by atoms with E-state index in [4.69, 9.17) is 11.6 Å². The minimum absolute atomic E-state index is 0.250. The van der Waals surface area contributed by atoms with Crippen LogP contribution in [0.2, 0.25) is 5.02 Å². The Bertz CT molecular complexity index is 349. The lowest BCUT2D eigenvalue weighted by Crippen LogP contribution is -1.92. The van der Waals surface area contributed by atoms with Gasteiger partial charge in [0.25, 0.3) is 0 Å². The van der Waals surface area contributed by atoms with Gasteiger partial charge >= 0.3 is 0 Å². The van der Waals surface area contributed by atoms with Crippen LogP contribution in [0.15, 0.2) is 24.3 Å². The third-order valence-electron chi connectivity index (χ3n) is 2.54. The Hall–Kier alpha value is -0.820. The third-order valence-corrected chi connectivity index (χ3v) is 2.85. The molecular formula is C13H16ClF. The Kier molecular flexibility index (Phi) is 4.34. The largest absolute Gasteiger partial charge is 0.206 e. The molecule has 0 saturated heterocycles. The van der Waals surface area contributed by atoms with Crippen LogP contribution in [-0.4, -0.2) is 0 Å². The van der Waals surface area contributed by atoms with Crippen molar-refractivity contribution in [3.8, 4) is 0 Å². The van der Waals surface area contributed by atoms with E-state index < -0.39 is 0 Å². The van der Waals surface area contributed by atoms with Crippen molar-refractivity contribution in [1.82, 2.24) is 0 Å². The molecule has 2 heteroatoms. The number of hydrogen-bond acceptors (Lipinski definition) is 0. The van der Waals surface area contributed by atoms with Crippen LogP contribution in [0.1, 0.15) is 32.8 Å². The molecule has 15 heavy (non-hydrogen) atoms. The van der Waals surface area contributed by atoms with Crippen molar-refractivity contribution in [2.75, 3.05) is 0 Å². The van der Waals surface area contributed by atoms with Gasteiger partial charge in [0.2, 0.25) is 0 Å². The molecule has 0 fully saturated rings. The molecule has 0 radical (unpaired) electrons. The molecule has 0 aliphatic carbocycles. The molecule has 1 aromatic rings. The fourth-order valence-electron chi connectivity index (χ4n) is 1.50. The zero-order valence-corrected chi connectivity index (χ0v) is 10.1. The molecule has 0 aromatic heterocycles. The van der Waals surface area contributed by atoms with E-state index in [9.17, 15) is 4.39 Å². The summed E-state index contributed by atoms with van der Waals surface area (Å²) in [5.74, 6) is 0.195. The van der Waals surface area contributed by atoms with Gasteiger partial charge in [-0.2, -0.15) is 0 Å². The average Bonchev–Trinajstić information content (AvgIpc) is 2.17. The zero-order chi connectivity index (χ0) is 11.4. The Balaban J connectivity index is 3.10. The van der Waals surface area contributed by atoms with Gasteiger partial charge in [0.1, 0.15) is 5.82 Å². The molecule has 0 spiro atoms. The van der Waals surface area contributed by atoms with E-state index in [1.165, 1.54) is 6.07 Å². The lowest BCUT2D eigenvalue weighted by molar-refractivity contribution is 0.623. The zero-order valence-electron chi connectivity index (χ0n) is 9.35. The number of rotatable bonds is 3.